The Balaban J connectivity index is 1.88. The molecule has 2 N–H and O–H groups in total. The topological polar surface area (TPSA) is 49.3 Å². The number of hydrogen-bond acceptors (Lipinski definition) is 2. The molecule has 0 radical (unpaired) electrons. The van der Waals surface area contributed by atoms with E-state index in [1.54, 1.807) is 12.1 Å². The van der Waals surface area contributed by atoms with Crippen LogP contribution < -0.4 is 9.78 Å². The van der Waals surface area contributed by atoms with Crippen LogP contribution in [-0.4, -0.2) is 38.6 Å². The van der Waals surface area contributed by atoms with Crippen LogP contribution in [0.3, 0.4) is 0 Å². The van der Waals surface area contributed by atoms with Crippen LogP contribution in [0.25, 0.3) is 0 Å². The van der Waals surface area contributed by atoms with Gasteiger partial charge in [0, 0.05) is 0 Å². The Morgan fingerprint density at radius 1 is 1.05 bits per heavy atom. The van der Waals surface area contributed by atoms with E-state index in [1.807, 2.05) is 36.4 Å². The SMILES string of the molecule is O=C(N[C@H](CO)C[Se]c1ccccc1)c1ccccc1. The molecule has 2 rings (SSSR count). The first-order valence-electron chi connectivity index (χ1n) is 6.44. The molecule has 1 amide bonds. The van der Waals surface area contributed by atoms with Crippen LogP contribution in [0.5, 0.6) is 0 Å². The molecular weight excluding hydrogens is 317 g/mol. The van der Waals surface area contributed by atoms with Gasteiger partial charge in [0.15, 0.2) is 0 Å². The monoisotopic (exact) mass is 335 g/mol. The number of rotatable bonds is 6. The summed E-state index contributed by atoms with van der Waals surface area (Å²) in [6.45, 7) is -0.0346. The molecule has 4 heteroatoms. The number of carbonyl (C=O) groups excluding carboxylic acids is 1. The third-order valence-corrected chi connectivity index (χ3v) is 5.25. The Morgan fingerprint density at radius 2 is 1.65 bits per heavy atom. The molecule has 0 saturated carbocycles. The van der Waals surface area contributed by atoms with E-state index < -0.39 is 0 Å². The Morgan fingerprint density at radius 3 is 2.25 bits per heavy atom. The van der Waals surface area contributed by atoms with Crippen LogP contribution in [0.4, 0.5) is 0 Å². The Kier molecular flexibility index (Phi) is 5.81. The fourth-order valence-corrected chi connectivity index (χ4v) is 3.67. The van der Waals surface area contributed by atoms with E-state index in [9.17, 15) is 9.90 Å². The quantitative estimate of drug-likeness (QED) is 0.781. The molecule has 20 heavy (non-hydrogen) atoms. The molecule has 2 aromatic rings. The van der Waals surface area contributed by atoms with Gasteiger partial charge in [0.2, 0.25) is 0 Å². The van der Waals surface area contributed by atoms with Crippen molar-refractivity contribution in [1.82, 2.24) is 5.32 Å². The Bertz CT molecular complexity index is 531. The van der Waals surface area contributed by atoms with Crippen LogP contribution in [-0.2, 0) is 0 Å². The van der Waals surface area contributed by atoms with Gasteiger partial charge in [-0.3, -0.25) is 0 Å². The molecule has 0 aliphatic carbocycles. The molecule has 0 aliphatic rings. The number of nitrogens with one attached hydrogen (secondary N) is 1. The van der Waals surface area contributed by atoms with E-state index in [0.29, 0.717) is 5.56 Å². The van der Waals surface area contributed by atoms with Crippen LogP contribution in [0.2, 0.25) is 5.32 Å². The standard InChI is InChI=1S/C16H17NO2Se/c18-11-14(12-20-15-9-5-2-6-10-15)17-16(19)13-7-3-1-4-8-13/h1-10,14,18H,11-12H2,(H,17,19)/t14-/m1/s1. The van der Waals surface area contributed by atoms with Crippen LogP contribution in [0.15, 0.2) is 60.7 Å². The summed E-state index contributed by atoms with van der Waals surface area (Å²) in [6, 6.07) is 19.0. The van der Waals surface area contributed by atoms with Crippen LogP contribution >= 0.6 is 0 Å². The van der Waals surface area contributed by atoms with Gasteiger partial charge in [0.05, 0.1) is 0 Å². The second kappa shape index (κ2) is 7.85. The molecule has 0 bridgehead atoms. The van der Waals surface area contributed by atoms with Crippen molar-refractivity contribution in [2.24, 2.45) is 0 Å². The fourth-order valence-electron chi connectivity index (χ4n) is 1.71. The van der Waals surface area contributed by atoms with Gasteiger partial charge in [-0.15, -0.1) is 0 Å². The maximum absolute atomic E-state index is 12.0. The van der Waals surface area contributed by atoms with Gasteiger partial charge in [-0.2, -0.15) is 0 Å². The summed E-state index contributed by atoms with van der Waals surface area (Å²) in [5.41, 5.74) is 0.623. The molecule has 0 aromatic heterocycles. The Hall–Kier alpha value is -1.61. The van der Waals surface area contributed by atoms with Crippen molar-refractivity contribution in [1.29, 1.82) is 0 Å². The van der Waals surface area contributed by atoms with Crippen molar-refractivity contribution in [2.45, 2.75) is 11.4 Å². The van der Waals surface area contributed by atoms with E-state index in [-0.39, 0.29) is 33.5 Å². The average molecular weight is 334 g/mol. The zero-order chi connectivity index (χ0) is 14.2. The van der Waals surface area contributed by atoms with Crippen LogP contribution in [0.1, 0.15) is 10.4 Å². The number of benzene rings is 2. The third kappa shape index (κ3) is 4.49. The molecule has 0 saturated heterocycles. The first-order valence-corrected chi connectivity index (χ1v) is 8.51. The molecule has 0 fully saturated rings. The summed E-state index contributed by atoms with van der Waals surface area (Å²) in [5, 5.41) is 13.1. The molecule has 0 unspecified atom stereocenters. The zero-order valence-electron chi connectivity index (χ0n) is 11.0. The number of carbonyl (C=O) groups is 1. The first kappa shape index (κ1) is 14.8. The molecule has 0 heterocycles. The number of aliphatic hydroxyl groups excluding tert-OH is 1. The third-order valence-electron chi connectivity index (χ3n) is 2.79. The number of hydrogen-bond donors (Lipinski definition) is 2. The summed E-state index contributed by atoms with van der Waals surface area (Å²) >= 11 is 0.249. The summed E-state index contributed by atoms with van der Waals surface area (Å²) in [4.78, 5) is 12.0. The number of amides is 1. The molecule has 2 aromatic carbocycles. The molecule has 1 atom stereocenters. The Labute approximate surface area is 125 Å². The second-order valence-electron chi connectivity index (χ2n) is 4.34. The van der Waals surface area contributed by atoms with Crippen molar-refractivity contribution in [3.63, 3.8) is 0 Å². The summed E-state index contributed by atoms with van der Waals surface area (Å²) in [6.07, 6.45) is 0. The first-order chi connectivity index (χ1) is 9.79. The van der Waals surface area contributed by atoms with Gasteiger partial charge < -0.3 is 0 Å². The molecular formula is C16H17NO2Se. The van der Waals surface area contributed by atoms with Gasteiger partial charge >= 0.3 is 125 Å². The van der Waals surface area contributed by atoms with Gasteiger partial charge in [0.1, 0.15) is 0 Å². The van der Waals surface area contributed by atoms with E-state index in [0.717, 1.165) is 5.32 Å². The summed E-state index contributed by atoms with van der Waals surface area (Å²) in [5.74, 6) is -0.131. The van der Waals surface area contributed by atoms with Gasteiger partial charge in [-0.25, -0.2) is 0 Å². The minimum atomic E-state index is -0.192. The van der Waals surface area contributed by atoms with E-state index in [2.05, 4.69) is 17.4 Å². The van der Waals surface area contributed by atoms with Crippen molar-refractivity contribution in [3.05, 3.63) is 66.2 Å². The van der Waals surface area contributed by atoms with Crippen molar-refractivity contribution < 1.29 is 9.90 Å². The van der Waals surface area contributed by atoms with E-state index >= 15 is 0 Å². The summed E-state index contributed by atoms with van der Waals surface area (Å²) in [7, 11) is 0. The normalized spacial score (nSPS) is 11.8. The van der Waals surface area contributed by atoms with Gasteiger partial charge in [-0.05, 0) is 0 Å². The van der Waals surface area contributed by atoms with Crippen molar-refractivity contribution >= 4 is 25.3 Å². The molecule has 0 spiro atoms. The minimum absolute atomic E-state index is 0.0346. The summed E-state index contributed by atoms with van der Waals surface area (Å²) < 4.78 is 1.27. The maximum atomic E-state index is 12.0. The van der Waals surface area contributed by atoms with Crippen molar-refractivity contribution in [2.75, 3.05) is 6.61 Å². The second-order valence-corrected chi connectivity index (χ2v) is 6.64. The molecule has 3 nitrogen and oxygen atoms in total. The average Bonchev–Trinajstić information content (AvgIpc) is 2.53. The van der Waals surface area contributed by atoms with Gasteiger partial charge in [-0.1, -0.05) is 0 Å². The predicted molar refractivity (Wildman–Crippen MR) is 81.4 cm³/mol. The van der Waals surface area contributed by atoms with Gasteiger partial charge in [0.25, 0.3) is 0 Å². The van der Waals surface area contributed by atoms with E-state index in [1.165, 1.54) is 4.46 Å². The molecule has 0 aliphatic heterocycles. The van der Waals surface area contributed by atoms with E-state index in [4.69, 9.17) is 0 Å². The number of aliphatic hydroxyl groups is 1. The van der Waals surface area contributed by atoms with Crippen LogP contribution in [0, 0.1) is 0 Å². The van der Waals surface area contributed by atoms with Crippen molar-refractivity contribution in [3.8, 4) is 0 Å². The predicted octanol–water partition coefficient (Wildman–Crippen LogP) is 1.23. The fraction of sp³-hybridized carbons (Fsp3) is 0.188. The molecule has 104 valence electrons. The zero-order valence-corrected chi connectivity index (χ0v) is 12.7.